The van der Waals surface area contributed by atoms with Crippen LogP contribution in [0.1, 0.15) is 61.4 Å². The zero-order chi connectivity index (χ0) is 22.1. The minimum absolute atomic E-state index is 0.203. The van der Waals surface area contributed by atoms with E-state index < -0.39 is 0 Å². The summed E-state index contributed by atoms with van der Waals surface area (Å²) in [4.78, 5) is 12.8. The molecule has 0 radical (unpaired) electrons. The second kappa shape index (κ2) is 8.86. The molecule has 4 fully saturated rings. The maximum atomic E-state index is 12.8. The van der Waals surface area contributed by atoms with Crippen LogP contribution in [0.5, 0.6) is 5.75 Å². The van der Waals surface area contributed by atoms with E-state index in [2.05, 4.69) is 17.6 Å². The molecule has 0 aromatic heterocycles. The molecular formula is C27H32N2O2S. The van der Waals surface area contributed by atoms with Gasteiger partial charge in [-0.2, -0.15) is 0 Å². The molecule has 0 heterocycles. The molecule has 4 nitrogen and oxygen atoms in total. The van der Waals surface area contributed by atoms with E-state index in [1.165, 1.54) is 38.5 Å². The standard InChI is InChI=1S/C27H32N2O2S/c1-18(27-14-20-10-21(15-27)12-22(11-20)16-27)28-26(32)29-25(30)23-8-5-9-24(13-23)31-17-19-6-3-2-4-7-19/h2-9,13,18,20-22H,10-12,14-17H2,1H3,(H2,28,29,30,32)/t18-,20?,21?,22?,27?/m1/s1. The van der Waals surface area contributed by atoms with Crippen molar-refractivity contribution in [3.8, 4) is 5.75 Å². The van der Waals surface area contributed by atoms with E-state index in [1.54, 1.807) is 12.1 Å². The molecule has 4 saturated carbocycles. The molecule has 5 heteroatoms. The topological polar surface area (TPSA) is 50.4 Å². The number of ether oxygens (including phenoxy) is 1. The Balaban J connectivity index is 1.17. The molecular weight excluding hydrogens is 416 g/mol. The fraction of sp³-hybridized carbons (Fsp3) is 0.481. The molecule has 4 aliphatic carbocycles. The normalized spacial score (nSPS) is 28.7. The summed E-state index contributed by atoms with van der Waals surface area (Å²) in [7, 11) is 0. The number of thiocarbonyl (C=S) groups is 1. The highest BCUT2D eigenvalue weighted by Gasteiger charge is 2.53. The number of rotatable bonds is 6. The Kier molecular flexibility index (Phi) is 5.93. The first-order chi connectivity index (χ1) is 15.5. The van der Waals surface area contributed by atoms with Crippen molar-refractivity contribution in [3.05, 3.63) is 65.7 Å². The van der Waals surface area contributed by atoms with Gasteiger partial charge in [0.05, 0.1) is 0 Å². The van der Waals surface area contributed by atoms with Crippen LogP contribution >= 0.6 is 12.2 Å². The van der Waals surface area contributed by atoms with E-state index in [0.29, 0.717) is 28.4 Å². The summed E-state index contributed by atoms with van der Waals surface area (Å²) in [6.07, 6.45) is 8.21. The molecule has 0 saturated heterocycles. The second-order valence-electron chi connectivity index (χ2n) is 10.2. The number of carbonyl (C=O) groups is 1. The fourth-order valence-corrected chi connectivity index (χ4v) is 7.01. The Bertz CT molecular complexity index is 955. The van der Waals surface area contributed by atoms with Gasteiger partial charge in [0, 0.05) is 11.6 Å². The third-order valence-corrected chi connectivity index (χ3v) is 8.14. The van der Waals surface area contributed by atoms with Crippen molar-refractivity contribution in [1.29, 1.82) is 0 Å². The zero-order valence-corrected chi connectivity index (χ0v) is 19.5. The maximum absolute atomic E-state index is 12.8. The highest BCUT2D eigenvalue weighted by Crippen LogP contribution is 2.61. The van der Waals surface area contributed by atoms with Crippen LogP contribution in [0.4, 0.5) is 0 Å². The number of amides is 1. The summed E-state index contributed by atoms with van der Waals surface area (Å²) >= 11 is 5.54. The lowest BCUT2D eigenvalue weighted by atomic mass is 9.48. The van der Waals surface area contributed by atoms with E-state index in [4.69, 9.17) is 17.0 Å². The van der Waals surface area contributed by atoms with Crippen LogP contribution in [-0.4, -0.2) is 17.1 Å². The van der Waals surface area contributed by atoms with E-state index in [1.807, 2.05) is 42.5 Å². The van der Waals surface area contributed by atoms with Crippen molar-refractivity contribution in [3.63, 3.8) is 0 Å². The highest BCUT2D eigenvalue weighted by atomic mass is 32.1. The highest BCUT2D eigenvalue weighted by molar-refractivity contribution is 7.80. The van der Waals surface area contributed by atoms with Gasteiger partial charge in [0.1, 0.15) is 12.4 Å². The second-order valence-corrected chi connectivity index (χ2v) is 10.6. The molecule has 6 rings (SSSR count). The van der Waals surface area contributed by atoms with Gasteiger partial charge in [-0.3, -0.25) is 10.1 Å². The largest absolute Gasteiger partial charge is 0.489 e. The minimum atomic E-state index is -0.203. The van der Waals surface area contributed by atoms with Crippen LogP contribution in [0.2, 0.25) is 0 Å². The third kappa shape index (κ3) is 4.54. The smallest absolute Gasteiger partial charge is 0.257 e. The van der Waals surface area contributed by atoms with Crippen LogP contribution in [0.25, 0.3) is 0 Å². The lowest BCUT2D eigenvalue weighted by molar-refractivity contribution is -0.0672. The summed E-state index contributed by atoms with van der Waals surface area (Å²) in [5.74, 6) is 3.15. The molecule has 0 aliphatic heterocycles. The van der Waals surface area contributed by atoms with Gasteiger partial charge < -0.3 is 10.1 Å². The predicted octanol–water partition coefficient (Wildman–Crippen LogP) is 5.47. The van der Waals surface area contributed by atoms with Gasteiger partial charge in [0.2, 0.25) is 0 Å². The number of hydrogen-bond donors (Lipinski definition) is 2. The van der Waals surface area contributed by atoms with Gasteiger partial charge in [-0.05, 0) is 105 Å². The zero-order valence-electron chi connectivity index (χ0n) is 18.7. The van der Waals surface area contributed by atoms with Crippen molar-refractivity contribution < 1.29 is 9.53 Å². The minimum Gasteiger partial charge on any atom is -0.489 e. The average Bonchev–Trinajstić information content (AvgIpc) is 2.77. The molecule has 1 atom stereocenters. The van der Waals surface area contributed by atoms with Gasteiger partial charge in [-0.15, -0.1) is 0 Å². The van der Waals surface area contributed by atoms with Gasteiger partial charge >= 0.3 is 0 Å². The van der Waals surface area contributed by atoms with Crippen molar-refractivity contribution in [2.75, 3.05) is 0 Å². The Morgan fingerprint density at radius 3 is 2.34 bits per heavy atom. The number of benzene rings is 2. The third-order valence-electron chi connectivity index (χ3n) is 7.92. The van der Waals surface area contributed by atoms with Gasteiger partial charge in [-0.25, -0.2) is 0 Å². The van der Waals surface area contributed by atoms with Gasteiger partial charge in [-0.1, -0.05) is 36.4 Å². The van der Waals surface area contributed by atoms with Crippen LogP contribution in [-0.2, 0) is 6.61 Å². The first-order valence-electron chi connectivity index (χ1n) is 11.9. The fourth-order valence-electron chi connectivity index (χ4n) is 6.74. The van der Waals surface area contributed by atoms with Gasteiger partial charge in [0.25, 0.3) is 5.91 Å². The molecule has 32 heavy (non-hydrogen) atoms. The predicted molar refractivity (Wildman–Crippen MR) is 130 cm³/mol. The Labute approximate surface area is 196 Å². The molecule has 2 aromatic rings. The number of nitrogens with one attached hydrogen (secondary N) is 2. The Morgan fingerprint density at radius 2 is 1.69 bits per heavy atom. The maximum Gasteiger partial charge on any atom is 0.257 e. The number of hydrogen-bond acceptors (Lipinski definition) is 3. The Morgan fingerprint density at radius 1 is 1.03 bits per heavy atom. The lowest BCUT2D eigenvalue weighted by Crippen LogP contribution is -2.57. The molecule has 4 aliphatic rings. The van der Waals surface area contributed by atoms with E-state index >= 15 is 0 Å². The van der Waals surface area contributed by atoms with Crippen molar-refractivity contribution in [2.24, 2.45) is 23.2 Å². The molecule has 4 bridgehead atoms. The van der Waals surface area contributed by atoms with Crippen LogP contribution in [0.15, 0.2) is 54.6 Å². The van der Waals surface area contributed by atoms with Crippen molar-refractivity contribution in [2.45, 2.75) is 58.1 Å². The van der Waals surface area contributed by atoms with E-state index in [0.717, 1.165) is 23.3 Å². The molecule has 0 unspecified atom stereocenters. The summed E-state index contributed by atoms with van der Waals surface area (Å²) < 4.78 is 5.86. The molecule has 2 aromatic carbocycles. The Hall–Kier alpha value is -2.40. The summed E-state index contributed by atoms with van der Waals surface area (Å²) in [5.41, 5.74) is 1.97. The SMILES string of the molecule is C[C@@H](NC(=S)NC(=O)c1cccc(OCc2ccccc2)c1)C12CC3CC(CC(C3)C1)C2. The summed E-state index contributed by atoms with van der Waals surface area (Å²) in [6, 6.07) is 17.5. The van der Waals surface area contributed by atoms with Crippen molar-refractivity contribution >= 4 is 23.2 Å². The quantitative estimate of drug-likeness (QED) is 0.575. The van der Waals surface area contributed by atoms with E-state index in [-0.39, 0.29) is 11.9 Å². The van der Waals surface area contributed by atoms with E-state index in [9.17, 15) is 4.79 Å². The summed E-state index contributed by atoms with van der Waals surface area (Å²) in [5, 5.41) is 6.78. The summed E-state index contributed by atoms with van der Waals surface area (Å²) in [6.45, 7) is 2.72. The van der Waals surface area contributed by atoms with Crippen molar-refractivity contribution in [1.82, 2.24) is 10.6 Å². The van der Waals surface area contributed by atoms with Crippen LogP contribution in [0, 0.1) is 23.2 Å². The molecule has 0 spiro atoms. The molecule has 168 valence electrons. The first-order valence-corrected chi connectivity index (χ1v) is 12.3. The molecule has 1 amide bonds. The number of carbonyl (C=O) groups excluding carboxylic acids is 1. The molecule has 2 N–H and O–H groups in total. The lowest BCUT2D eigenvalue weighted by Gasteiger charge is -2.59. The monoisotopic (exact) mass is 448 g/mol. The average molecular weight is 449 g/mol. The van der Waals surface area contributed by atoms with Crippen LogP contribution in [0.3, 0.4) is 0 Å². The van der Waals surface area contributed by atoms with Crippen LogP contribution < -0.4 is 15.4 Å². The first kappa shape index (κ1) is 21.4. The van der Waals surface area contributed by atoms with Gasteiger partial charge in [0.15, 0.2) is 5.11 Å².